The van der Waals surface area contributed by atoms with E-state index in [1.807, 2.05) is 0 Å². The van der Waals surface area contributed by atoms with Crippen molar-refractivity contribution in [1.29, 1.82) is 0 Å². The summed E-state index contributed by atoms with van der Waals surface area (Å²) in [5.41, 5.74) is -0.125. The van der Waals surface area contributed by atoms with E-state index in [2.05, 4.69) is 15.4 Å². The summed E-state index contributed by atoms with van der Waals surface area (Å²) >= 11 is 0. The van der Waals surface area contributed by atoms with Crippen molar-refractivity contribution in [3.05, 3.63) is 46.0 Å². The van der Waals surface area contributed by atoms with Gasteiger partial charge in [0.15, 0.2) is 5.82 Å². The highest BCUT2D eigenvalue weighted by Gasteiger charge is 2.16. The molecule has 0 aliphatic carbocycles. The first kappa shape index (κ1) is 13.5. The van der Waals surface area contributed by atoms with Gasteiger partial charge in [0, 0.05) is 13.1 Å². The maximum absolute atomic E-state index is 10.9. The van der Waals surface area contributed by atoms with Crippen molar-refractivity contribution in [3.8, 4) is 0 Å². The second-order valence-electron chi connectivity index (χ2n) is 3.98. The number of carbonyl (C=O) groups is 1. The number of carboxylic acids is 1. The van der Waals surface area contributed by atoms with Gasteiger partial charge in [0.2, 0.25) is 0 Å². The second-order valence-corrected chi connectivity index (χ2v) is 3.98. The Bertz CT molecular complexity index is 667. The topological polar surface area (TPSA) is 123 Å². The highest BCUT2D eigenvalue weighted by molar-refractivity contribution is 5.90. The number of aromatic nitrogens is 3. The molecule has 2 aromatic rings. The van der Waals surface area contributed by atoms with Crippen LogP contribution in [-0.2, 0) is 13.6 Å². The van der Waals surface area contributed by atoms with Gasteiger partial charge in [-0.15, -0.1) is 0 Å². The molecule has 1 heterocycles. The number of nitrogens with one attached hydrogen (secondary N) is 1. The number of nitrogens with zero attached hydrogens (tertiary/aromatic N) is 4. The molecule has 0 radical (unpaired) electrons. The van der Waals surface area contributed by atoms with E-state index in [1.54, 1.807) is 7.05 Å². The maximum Gasteiger partial charge on any atom is 0.335 e. The lowest BCUT2D eigenvalue weighted by molar-refractivity contribution is -0.384. The molecule has 0 bridgehead atoms. The van der Waals surface area contributed by atoms with Gasteiger partial charge in [-0.1, -0.05) is 0 Å². The molecular weight excluding hydrogens is 266 g/mol. The molecule has 0 aliphatic rings. The first-order valence-electron chi connectivity index (χ1n) is 5.57. The lowest BCUT2D eigenvalue weighted by Crippen LogP contribution is -2.06. The van der Waals surface area contributed by atoms with Crippen molar-refractivity contribution in [2.45, 2.75) is 6.54 Å². The third-order valence-electron chi connectivity index (χ3n) is 2.52. The number of hydrogen-bond acceptors (Lipinski definition) is 6. The Morgan fingerprint density at radius 2 is 2.30 bits per heavy atom. The minimum atomic E-state index is -1.15. The summed E-state index contributed by atoms with van der Waals surface area (Å²) in [4.78, 5) is 25.2. The number of nitro benzene ring substituents is 1. The van der Waals surface area contributed by atoms with E-state index in [0.29, 0.717) is 5.82 Å². The van der Waals surface area contributed by atoms with Crippen molar-refractivity contribution in [3.63, 3.8) is 0 Å². The minimum Gasteiger partial charge on any atom is -0.478 e. The summed E-state index contributed by atoms with van der Waals surface area (Å²) in [6.07, 6.45) is 1.50. The first-order valence-corrected chi connectivity index (χ1v) is 5.57. The number of hydrogen-bond donors (Lipinski definition) is 2. The Labute approximate surface area is 113 Å². The average molecular weight is 277 g/mol. The van der Waals surface area contributed by atoms with Crippen LogP contribution in [0.15, 0.2) is 24.5 Å². The molecule has 0 spiro atoms. The predicted molar refractivity (Wildman–Crippen MR) is 68.4 cm³/mol. The summed E-state index contributed by atoms with van der Waals surface area (Å²) in [7, 11) is 1.70. The molecule has 9 nitrogen and oxygen atoms in total. The zero-order valence-electron chi connectivity index (χ0n) is 10.5. The predicted octanol–water partition coefficient (Wildman–Crippen LogP) is 1.03. The average Bonchev–Trinajstić information content (AvgIpc) is 2.81. The SMILES string of the molecule is Cn1cnc(CNc2cc(C(=O)O)ccc2[N+](=O)[O-])n1. The van der Waals surface area contributed by atoms with Gasteiger partial charge < -0.3 is 10.4 Å². The van der Waals surface area contributed by atoms with E-state index >= 15 is 0 Å². The third-order valence-corrected chi connectivity index (χ3v) is 2.52. The molecule has 2 rings (SSSR count). The van der Waals surface area contributed by atoms with Crippen LogP contribution in [0.2, 0.25) is 0 Å². The molecule has 1 aromatic carbocycles. The summed E-state index contributed by atoms with van der Waals surface area (Å²) in [5, 5.41) is 26.6. The molecular formula is C11H11N5O4. The lowest BCUT2D eigenvalue weighted by atomic mass is 10.1. The molecule has 0 amide bonds. The minimum absolute atomic E-state index is 0.0351. The maximum atomic E-state index is 10.9. The Balaban J connectivity index is 2.25. The Morgan fingerprint density at radius 3 is 2.85 bits per heavy atom. The molecule has 0 saturated carbocycles. The van der Waals surface area contributed by atoms with E-state index in [9.17, 15) is 14.9 Å². The van der Waals surface area contributed by atoms with Gasteiger partial charge >= 0.3 is 5.97 Å². The van der Waals surface area contributed by atoms with Crippen LogP contribution in [0.3, 0.4) is 0 Å². The molecule has 9 heteroatoms. The monoisotopic (exact) mass is 277 g/mol. The number of anilines is 1. The first-order chi connectivity index (χ1) is 9.47. The fourth-order valence-corrected chi connectivity index (χ4v) is 1.61. The molecule has 0 fully saturated rings. The summed E-state index contributed by atoms with van der Waals surface area (Å²) in [6.45, 7) is 0.157. The Kier molecular flexibility index (Phi) is 3.60. The van der Waals surface area contributed by atoms with Gasteiger partial charge in [0.1, 0.15) is 12.0 Å². The van der Waals surface area contributed by atoms with Crippen LogP contribution in [0.25, 0.3) is 0 Å². The number of nitro groups is 1. The fraction of sp³-hybridized carbons (Fsp3) is 0.182. The summed E-state index contributed by atoms with van der Waals surface area (Å²) < 4.78 is 1.50. The number of rotatable bonds is 5. The molecule has 0 saturated heterocycles. The van der Waals surface area contributed by atoms with Crippen LogP contribution in [0.5, 0.6) is 0 Å². The quantitative estimate of drug-likeness (QED) is 0.618. The van der Waals surface area contributed by atoms with Crippen LogP contribution in [0.4, 0.5) is 11.4 Å². The molecule has 0 aliphatic heterocycles. The summed E-state index contributed by atoms with van der Waals surface area (Å²) in [6, 6.07) is 3.55. The van der Waals surface area contributed by atoms with E-state index in [-0.39, 0.29) is 23.5 Å². The zero-order chi connectivity index (χ0) is 14.7. The van der Waals surface area contributed by atoms with Gasteiger partial charge in [-0.05, 0) is 12.1 Å². The molecule has 0 atom stereocenters. The standard InChI is InChI=1S/C11H11N5O4/c1-15-6-13-10(14-15)5-12-8-4-7(11(17)18)2-3-9(8)16(19)20/h2-4,6,12H,5H2,1H3,(H,17,18). The van der Waals surface area contributed by atoms with Crippen molar-refractivity contribution in [2.75, 3.05) is 5.32 Å². The van der Waals surface area contributed by atoms with Crippen molar-refractivity contribution in [2.24, 2.45) is 7.05 Å². The molecule has 1 aromatic heterocycles. The number of carboxylic acid groups (broad SMARTS) is 1. The van der Waals surface area contributed by atoms with E-state index in [4.69, 9.17) is 5.11 Å². The molecule has 104 valence electrons. The van der Waals surface area contributed by atoms with Crippen LogP contribution in [0.1, 0.15) is 16.2 Å². The Hall–Kier alpha value is -2.97. The number of aryl methyl sites for hydroxylation is 1. The lowest BCUT2D eigenvalue weighted by Gasteiger charge is -2.06. The van der Waals surface area contributed by atoms with Crippen molar-refractivity contribution in [1.82, 2.24) is 14.8 Å². The van der Waals surface area contributed by atoms with Crippen molar-refractivity contribution >= 4 is 17.3 Å². The normalized spacial score (nSPS) is 10.2. The van der Waals surface area contributed by atoms with E-state index in [1.165, 1.54) is 23.1 Å². The van der Waals surface area contributed by atoms with Gasteiger partial charge in [0.05, 0.1) is 17.0 Å². The van der Waals surface area contributed by atoms with Crippen LogP contribution >= 0.6 is 0 Å². The highest BCUT2D eigenvalue weighted by Crippen LogP contribution is 2.25. The molecule has 0 unspecified atom stereocenters. The highest BCUT2D eigenvalue weighted by atomic mass is 16.6. The number of aromatic carboxylic acids is 1. The fourth-order valence-electron chi connectivity index (χ4n) is 1.61. The van der Waals surface area contributed by atoms with E-state index in [0.717, 1.165) is 6.07 Å². The number of benzene rings is 1. The van der Waals surface area contributed by atoms with Crippen LogP contribution < -0.4 is 5.32 Å². The molecule has 20 heavy (non-hydrogen) atoms. The Morgan fingerprint density at radius 1 is 1.55 bits per heavy atom. The van der Waals surface area contributed by atoms with Gasteiger partial charge in [-0.25, -0.2) is 9.78 Å². The van der Waals surface area contributed by atoms with E-state index < -0.39 is 10.9 Å². The summed E-state index contributed by atoms with van der Waals surface area (Å²) in [5.74, 6) is -0.707. The third kappa shape index (κ3) is 2.88. The zero-order valence-corrected chi connectivity index (χ0v) is 10.5. The largest absolute Gasteiger partial charge is 0.478 e. The van der Waals surface area contributed by atoms with Crippen LogP contribution in [-0.4, -0.2) is 30.8 Å². The van der Waals surface area contributed by atoms with Gasteiger partial charge in [-0.2, -0.15) is 5.10 Å². The molecule has 2 N–H and O–H groups in total. The smallest absolute Gasteiger partial charge is 0.335 e. The van der Waals surface area contributed by atoms with Crippen LogP contribution in [0, 0.1) is 10.1 Å². The van der Waals surface area contributed by atoms with Gasteiger partial charge in [-0.3, -0.25) is 14.8 Å². The van der Waals surface area contributed by atoms with Gasteiger partial charge in [0.25, 0.3) is 5.69 Å². The van der Waals surface area contributed by atoms with Crippen molar-refractivity contribution < 1.29 is 14.8 Å². The second kappa shape index (κ2) is 5.34.